The summed E-state index contributed by atoms with van der Waals surface area (Å²) in [5, 5.41) is 27.5. The minimum absolute atomic E-state index is 0.0451. The molecule has 0 unspecified atom stereocenters. The standard InChI is InChI=1S/C21H44O3.C18H37Br.C6H12O3/c1-2-3-4-5-6-7-8-9-10-11-12-13-14-15-16-17-18-24-20-21(23)19-22;1-2-3-4-5-6-7-8-9-10-11-12-13-14-15-16-17-18-19;1-6(2)8-4-5(3-7)9-6/h21-23H,2-20H2,1H3;2-18H2,1H3;5,7H,3-4H2,1-2H3/t21-;;5-/m0.1/s1. The fraction of sp³-hybridized carbons (Fsp3) is 1.00. The highest BCUT2D eigenvalue weighted by Crippen LogP contribution is 2.21. The van der Waals surface area contributed by atoms with E-state index < -0.39 is 11.9 Å². The van der Waals surface area contributed by atoms with E-state index in [-0.39, 0.29) is 25.9 Å². The van der Waals surface area contributed by atoms with Crippen molar-refractivity contribution in [1.82, 2.24) is 0 Å². The van der Waals surface area contributed by atoms with E-state index in [4.69, 9.17) is 29.5 Å². The number of hydrogen-bond donors (Lipinski definition) is 3. The summed E-state index contributed by atoms with van der Waals surface area (Å²) in [6.45, 7) is 9.55. The molecule has 7 heteroatoms. The molecular weight excluding hydrogens is 716 g/mol. The molecule has 0 amide bonds. The predicted molar refractivity (Wildman–Crippen MR) is 229 cm³/mol. The zero-order valence-corrected chi connectivity index (χ0v) is 37.1. The van der Waals surface area contributed by atoms with E-state index in [9.17, 15) is 0 Å². The van der Waals surface area contributed by atoms with Gasteiger partial charge >= 0.3 is 0 Å². The van der Waals surface area contributed by atoms with Gasteiger partial charge in [-0.1, -0.05) is 222 Å². The minimum Gasteiger partial charge on any atom is -0.394 e. The van der Waals surface area contributed by atoms with E-state index >= 15 is 0 Å². The Morgan fingerprint density at radius 1 is 0.558 bits per heavy atom. The van der Waals surface area contributed by atoms with E-state index in [1.807, 2.05) is 13.8 Å². The lowest BCUT2D eigenvalue weighted by Gasteiger charge is -2.15. The monoisotopic (exact) mass is 809 g/mol. The summed E-state index contributed by atoms with van der Waals surface area (Å²) >= 11 is 3.49. The third-order valence-electron chi connectivity index (χ3n) is 9.92. The molecular formula is C45H93BrO6. The molecule has 1 rings (SSSR count). The first-order chi connectivity index (χ1) is 25.4. The molecule has 0 aromatic carbocycles. The van der Waals surface area contributed by atoms with Crippen LogP contribution < -0.4 is 0 Å². The second-order valence-electron chi connectivity index (χ2n) is 15.8. The Morgan fingerprint density at radius 3 is 1.13 bits per heavy atom. The number of aliphatic hydroxyl groups excluding tert-OH is 3. The Balaban J connectivity index is 0. The van der Waals surface area contributed by atoms with E-state index in [0.29, 0.717) is 13.2 Å². The molecule has 0 aliphatic carbocycles. The fourth-order valence-corrected chi connectivity index (χ4v) is 6.92. The second-order valence-corrected chi connectivity index (χ2v) is 16.6. The number of unbranched alkanes of at least 4 members (excludes halogenated alkanes) is 30. The minimum atomic E-state index is -0.717. The average molecular weight is 810 g/mol. The summed E-state index contributed by atoms with van der Waals surface area (Å²) in [6.07, 6.45) is 44.4. The van der Waals surface area contributed by atoms with Gasteiger partial charge in [0.2, 0.25) is 0 Å². The summed E-state index contributed by atoms with van der Waals surface area (Å²) in [6, 6.07) is 0. The molecule has 3 N–H and O–H groups in total. The molecule has 6 nitrogen and oxygen atoms in total. The van der Waals surface area contributed by atoms with Crippen LogP contribution in [-0.4, -0.2) is 71.7 Å². The third kappa shape index (κ3) is 46.4. The number of rotatable bonds is 37. The van der Waals surface area contributed by atoms with Gasteiger partial charge in [0.15, 0.2) is 5.79 Å². The van der Waals surface area contributed by atoms with Crippen molar-refractivity contribution in [3.63, 3.8) is 0 Å². The molecule has 2 atom stereocenters. The molecule has 0 aromatic rings. The maximum Gasteiger partial charge on any atom is 0.163 e. The van der Waals surface area contributed by atoms with Crippen LogP contribution in [-0.2, 0) is 14.2 Å². The lowest BCUT2D eigenvalue weighted by molar-refractivity contribution is -0.142. The van der Waals surface area contributed by atoms with Crippen molar-refractivity contribution in [3.8, 4) is 0 Å². The zero-order chi connectivity index (χ0) is 38.6. The summed E-state index contributed by atoms with van der Waals surface area (Å²) in [7, 11) is 0. The zero-order valence-electron chi connectivity index (χ0n) is 35.5. The largest absolute Gasteiger partial charge is 0.394 e. The van der Waals surface area contributed by atoms with E-state index in [0.717, 1.165) is 6.42 Å². The Bertz CT molecular complexity index is 621. The SMILES string of the molecule is CC1(C)OC[C@@H](CO)O1.CCCCCCCCCCCCCCCCCCBr.CCCCCCCCCCCCCCCCCCOC[C@@H](O)CO. The quantitative estimate of drug-likeness (QED) is 0.0428. The molecule has 1 aliphatic heterocycles. The molecule has 0 bridgehead atoms. The van der Waals surface area contributed by atoms with Gasteiger partial charge < -0.3 is 29.5 Å². The van der Waals surface area contributed by atoms with Gasteiger partial charge in [0.1, 0.15) is 12.2 Å². The van der Waals surface area contributed by atoms with Gasteiger partial charge in [0, 0.05) is 11.9 Å². The van der Waals surface area contributed by atoms with E-state index in [1.165, 1.54) is 204 Å². The number of ether oxygens (including phenoxy) is 3. The summed E-state index contributed by atoms with van der Waals surface area (Å²) in [5.74, 6) is -0.493. The summed E-state index contributed by atoms with van der Waals surface area (Å²) in [5.41, 5.74) is 0. The number of hydrogen-bond acceptors (Lipinski definition) is 6. The van der Waals surface area contributed by atoms with Gasteiger partial charge in [0.25, 0.3) is 0 Å². The van der Waals surface area contributed by atoms with Crippen LogP contribution in [0.2, 0.25) is 0 Å². The highest BCUT2D eigenvalue weighted by Gasteiger charge is 2.31. The van der Waals surface area contributed by atoms with Crippen LogP contribution in [0.25, 0.3) is 0 Å². The Kier molecular flexibility index (Phi) is 47.7. The van der Waals surface area contributed by atoms with Gasteiger partial charge in [-0.15, -0.1) is 0 Å². The predicted octanol–water partition coefficient (Wildman–Crippen LogP) is 13.4. The highest BCUT2D eigenvalue weighted by atomic mass is 79.9. The molecule has 0 radical (unpaired) electrons. The average Bonchev–Trinajstić information content (AvgIpc) is 3.51. The van der Waals surface area contributed by atoms with Crippen LogP contribution in [0.3, 0.4) is 0 Å². The van der Waals surface area contributed by atoms with Crippen LogP contribution in [0.15, 0.2) is 0 Å². The van der Waals surface area contributed by atoms with Crippen LogP contribution in [0, 0.1) is 0 Å². The molecule has 1 aliphatic rings. The van der Waals surface area contributed by atoms with Gasteiger partial charge in [-0.05, 0) is 26.7 Å². The maximum atomic E-state index is 9.12. The number of aliphatic hydroxyl groups is 3. The lowest BCUT2D eigenvalue weighted by Crippen LogP contribution is -2.22. The van der Waals surface area contributed by atoms with Gasteiger partial charge in [-0.2, -0.15) is 0 Å². The van der Waals surface area contributed by atoms with Crippen LogP contribution in [0.4, 0.5) is 0 Å². The second kappa shape index (κ2) is 45.6. The van der Waals surface area contributed by atoms with Crippen LogP contribution in [0.1, 0.15) is 233 Å². The van der Waals surface area contributed by atoms with Gasteiger partial charge in [-0.3, -0.25) is 0 Å². The molecule has 0 aromatic heterocycles. The normalized spacial score (nSPS) is 15.6. The Hall–Kier alpha value is 0.240. The molecule has 1 fully saturated rings. The van der Waals surface area contributed by atoms with Crippen molar-refractivity contribution >= 4 is 15.9 Å². The molecule has 0 spiro atoms. The lowest BCUT2D eigenvalue weighted by atomic mass is 10.0. The van der Waals surface area contributed by atoms with Crippen LogP contribution >= 0.6 is 15.9 Å². The van der Waals surface area contributed by atoms with Crippen LogP contribution in [0.5, 0.6) is 0 Å². The van der Waals surface area contributed by atoms with E-state index in [2.05, 4.69) is 29.8 Å². The molecule has 316 valence electrons. The first-order valence-corrected chi connectivity index (χ1v) is 23.8. The van der Waals surface area contributed by atoms with Crippen molar-refractivity contribution in [2.45, 2.75) is 251 Å². The van der Waals surface area contributed by atoms with E-state index in [1.54, 1.807) is 0 Å². The van der Waals surface area contributed by atoms with Crippen molar-refractivity contribution in [2.75, 3.05) is 38.4 Å². The van der Waals surface area contributed by atoms with Crippen molar-refractivity contribution < 1.29 is 29.5 Å². The van der Waals surface area contributed by atoms with Crippen molar-refractivity contribution in [3.05, 3.63) is 0 Å². The number of halogens is 1. The van der Waals surface area contributed by atoms with Gasteiger partial charge in [0.05, 0.1) is 26.4 Å². The van der Waals surface area contributed by atoms with Crippen molar-refractivity contribution in [2.24, 2.45) is 0 Å². The third-order valence-corrected chi connectivity index (χ3v) is 10.5. The topological polar surface area (TPSA) is 88.4 Å². The maximum absolute atomic E-state index is 9.12. The highest BCUT2D eigenvalue weighted by molar-refractivity contribution is 9.09. The fourth-order valence-electron chi connectivity index (χ4n) is 6.52. The molecule has 52 heavy (non-hydrogen) atoms. The first kappa shape index (κ1) is 54.3. The van der Waals surface area contributed by atoms with Crippen molar-refractivity contribution in [1.29, 1.82) is 0 Å². The van der Waals surface area contributed by atoms with Gasteiger partial charge in [-0.25, -0.2) is 0 Å². The smallest absolute Gasteiger partial charge is 0.163 e. The Morgan fingerprint density at radius 2 is 0.885 bits per heavy atom. The molecule has 0 saturated carbocycles. The number of alkyl halides is 1. The Labute approximate surface area is 333 Å². The summed E-state index contributed by atoms with van der Waals surface area (Å²) < 4.78 is 15.7. The summed E-state index contributed by atoms with van der Waals surface area (Å²) in [4.78, 5) is 0. The first-order valence-electron chi connectivity index (χ1n) is 22.7. The molecule has 1 heterocycles. The molecule has 1 saturated heterocycles.